The van der Waals surface area contributed by atoms with E-state index in [1.807, 2.05) is 19.9 Å². The maximum Gasteiger partial charge on any atom is 0.251 e. The number of hydrogen-bond donors (Lipinski definition) is 2. The van der Waals surface area contributed by atoms with E-state index in [0.717, 1.165) is 22.6 Å². The van der Waals surface area contributed by atoms with Gasteiger partial charge < -0.3 is 5.32 Å². The normalized spacial score (nSPS) is 12.4. The number of hydrogen-bond acceptors (Lipinski definition) is 5. The van der Waals surface area contributed by atoms with E-state index in [2.05, 4.69) is 15.0 Å². The number of rotatable bonds is 7. The van der Waals surface area contributed by atoms with Crippen molar-refractivity contribution in [3.63, 3.8) is 0 Å². The summed E-state index contributed by atoms with van der Waals surface area (Å²) < 4.78 is 25.1. The number of carbonyl (C=O) groups is 1. The molecule has 1 atom stereocenters. The zero-order chi connectivity index (χ0) is 18.4. The first-order chi connectivity index (χ1) is 11.8. The number of sulfonamides is 1. The molecule has 6 nitrogen and oxygen atoms in total. The Hall–Kier alpha value is -2.06. The zero-order valence-corrected chi connectivity index (χ0v) is 15.9. The van der Waals surface area contributed by atoms with E-state index in [-0.39, 0.29) is 11.9 Å². The van der Waals surface area contributed by atoms with E-state index in [0.29, 0.717) is 11.3 Å². The summed E-state index contributed by atoms with van der Waals surface area (Å²) in [6, 6.07) is 10.1. The quantitative estimate of drug-likeness (QED) is 0.722. The van der Waals surface area contributed by atoms with Crippen LogP contribution >= 0.6 is 11.8 Å². The van der Waals surface area contributed by atoms with Gasteiger partial charge in [-0.15, -0.1) is 11.8 Å². The molecule has 2 rings (SSSR count). The summed E-state index contributed by atoms with van der Waals surface area (Å²) in [6.45, 7) is 3.87. The van der Waals surface area contributed by atoms with Crippen molar-refractivity contribution in [3.05, 3.63) is 53.7 Å². The fourth-order valence-corrected chi connectivity index (χ4v) is 3.42. The summed E-state index contributed by atoms with van der Waals surface area (Å²) >= 11 is 1.57. The van der Waals surface area contributed by atoms with Gasteiger partial charge in [-0.3, -0.25) is 9.52 Å². The molecule has 0 radical (unpaired) electrons. The van der Waals surface area contributed by atoms with Crippen LogP contribution in [-0.4, -0.2) is 31.3 Å². The lowest BCUT2D eigenvalue weighted by Gasteiger charge is -2.16. The van der Waals surface area contributed by atoms with Crippen LogP contribution in [0.25, 0.3) is 0 Å². The van der Waals surface area contributed by atoms with E-state index in [1.54, 1.807) is 48.3 Å². The molecule has 0 bridgehead atoms. The van der Waals surface area contributed by atoms with Crippen LogP contribution in [0.2, 0.25) is 0 Å². The van der Waals surface area contributed by atoms with Crippen molar-refractivity contribution in [2.75, 3.05) is 16.7 Å². The molecule has 1 unspecified atom stereocenters. The third-order valence-corrected chi connectivity index (χ3v) is 4.74. The summed E-state index contributed by atoms with van der Waals surface area (Å²) in [5.74, 6) is 0.684. The van der Waals surface area contributed by atoms with Gasteiger partial charge >= 0.3 is 0 Å². The van der Waals surface area contributed by atoms with E-state index in [4.69, 9.17) is 0 Å². The van der Waals surface area contributed by atoms with Crippen molar-refractivity contribution in [1.82, 2.24) is 10.3 Å². The minimum atomic E-state index is -3.34. The monoisotopic (exact) mass is 379 g/mol. The van der Waals surface area contributed by atoms with Crippen molar-refractivity contribution >= 4 is 33.4 Å². The molecule has 0 aliphatic heterocycles. The fraction of sp³-hybridized carbons (Fsp3) is 0.294. The smallest absolute Gasteiger partial charge is 0.251 e. The van der Waals surface area contributed by atoms with Crippen LogP contribution in [0.5, 0.6) is 0 Å². The van der Waals surface area contributed by atoms with E-state index < -0.39 is 10.0 Å². The molecule has 8 heteroatoms. The molecule has 134 valence electrons. The lowest BCUT2D eigenvalue weighted by Crippen LogP contribution is -2.26. The number of anilines is 1. The Morgan fingerprint density at radius 1 is 1.28 bits per heavy atom. The van der Waals surface area contributed by atoms with Gasteiger partial charge in [0.25, 0.3) is 5.91 Å². The predicted molar refractivity (Wildman–Crippen MR) is 101 cm³/mol. The number of pyridine rings is 1. The molecule has 1 aromatic heterocycles. The summed E-state index contributed by atoms with van der Waals surface area (Å²) in [4.78, 5) is 16.7. The Bertz CT molecular complexity index is 854. The Balaban J connectivity index is 2.11. The standard InChI is InChI=1S/C17H21N3O3S2/c1-4-24-16-11-14(8-9-18-16)17(21)19-12(2)13-6-5-7-15(10-13)20-25(3,22)23/h5-12,20H,4H2,1-3H3,(H,19,21). The number of benzene rings is 1. The van der Waals surface area contributed by atoms with Gasteiger partial charge in [0.2, 0.25) is 10.0 Å². The maximum absolute atomic E-state index is 12.4. The molecule has 1 amide bonds. The highest BCUT2D eigenvalue weighted by molar-refractivity contribution is 7.99. The largest absolute Gasteiger partial charge is 0.346 e. The van der Waals surface area contributed by atoms with E-state index >= 15 is 0 Å². The van der Waals surface area contributed by atoms with Crippen LogP contribution < -0.4 is 10.0 Å². The molecule has 0 aliphatic carbocycles. The van der Waals surface area contributed by atoms with Gasteiger partial charge in [0.1, 0.15) is 0 Å². The molecule has 0 saturated heterocycles. The van der Waals surface area contributed by atoms with Crippen molar-refractivity contribution in [1.29, 1.82) is 0 Å². The minimum absolute atomic E-state index is 0.200. The molecule has 2 aromatic rings. The van der Waals surface area contributed by atoms with Crippen molar-refractivity contribution in [2.45, 2.75) is 24.9 Å². The lowest BCUT2D eigenvalue weighted by atomic mass is 10.1. The predicted octanol–water partition coefficient (Wildman–Crippen LogP) is 3.06. The molecule has 2 N–H and O–H groups in total. The average Bonchev–Trinajstić information content (AvgIpc) is 2.54. The van der Waals surface area contributed by atoms with Crippen molar-refractivity contribution < 1.29 is 13.2 Å². The van der Waals surface area contributed by atoms with Crippen LogP contribution in [0.1, 0.15) is 35.8 Å². The van der Waals surface area contributed by atoms with Gasteiger partial charge in [-0.1, -0.05) is 19.1 Å². The number of amides is 1. The van der Waals surface area contributed by atoms with Crippen LogP contribution in [-0.2, 0) is 10.0 Å². The second-order valence-corrected chi connectivity index (χ2v) is 8.54. The third-order valence-electron chi connectivity index (χ3n) is 3.33. The topological polar surface area (TPSA) is 88.2 Å². The van der Waals surface area contributed by atoms with E-state index in [9.17, 15) is 13.2 Å². The first kappa shape index (κ1) is 19.3. The lowest BCUT2D eigenvalue weighted by molar-refractivity contribution is 0.0939. The number of nitrogens with one attached hydrogen (secondary N) is 2. The second kappa shape index (κ2) is 8.35. The molecule has 1 heterocycles. The highest BCUT2D eigenvalue weighted by atomic mass is 32.2. The van der Waals surface area contributed by atoms with Gasteiger partial charge in [-0.2, -0.15) is 0 Å². The van der Waals surface area contributed by atoms with E-state index in [1.165, 1.54) is 0 Å². The Labute approximate surface area is 152 Å². The average molecular weight is 380 g/mol. The molecule has 0 saturated carbocycles. The fourth-order valence-electron chi connectivity index (χ4n) is 2.23. The summed E-state index contributed by atoms with van der Waals surface area (Å²) in [5, 5.41) is 3.73. The van der Waals surface area contributed by atoms with Crippen molar-refractivity contribution in [3.8, 4) is 0 Å². The minimum Gasteiger partial charge on any atom is -0.346 e. The molecule has 0 aliphatic rings. The molecular weight excluding hydrogens is 358 g/mol. The maximum atomic E-state index is 12.4. The highest BCUT2D eigenvalue weighted by Gasteiger charge is 2.13. The van der Waals surface area contributed by atoms with Gasteiger partial charge in [0, 0.05) is 17.4 Å². The van der Waals surface area contributed by atoms with Crippen LogP contribution in [0.3, 0.4) is 0 Å². The zero-order valence-electron chi connectivity index (χ0n) is 14.3. The first-order valence-corrected chi connectivity index (χ1v) is 10.6. The van der Waals surface area contributed by atoms with Gasteiger partial charge in [0.15, 0.2) is 0 Å². The van der Waals surface area contributed by atoms with Crippen LogP contribution in [0.15, 0.2) is 47.6 Å². The summed E-state index contributed by atoms with van der Waals surface area (Å²) in [7, 11) is -3.34. The number of nitrogens with zero attached hydrogens (tertiary/aromatic N) is 1. The molecule has 0 fully saturated rings. The summed E-state index contributed by atoms with van der Waals surface area (Å²) in [6.07, 6.45) is 2.72. The van der Waals surface area contributed by atoms with Crippen LogP contribution in [0.4, 0.5) is 5.69 Å². The Morgan fingerprint density at radius 2 is 2.04 bits per heavy atom. The van der Waals surface area contributed by atoms with Crippen molar-refractivity contribution in [2.24, 2.45) is 0 Å². The molecular formula is C17H21N3O3S2. The van der Waals surface area contributed by atoms with Crippen LogP contribution in [0, 0.1) is 0 Å². The van der Waals surface area contributed by atoms with Gasteiger partial charge in [0.05, 0.1) is 17.3 Å². The second-order valence-electron chi connectivity index (χ2n) is 5.51. The Kier molecular flexibility index (Phi) is 6.44. The molecule has 1 aromatic carbocycles. The third kappa shape index (κ3) is 6.06. The molecule has 25 heavy (non-hydrogen) atoms. The first-order valence-electron chi connectivity index (χ1n) is 7.76. The summed E-state index contributed by atoms with van der Waals surface area (Å²) in [5.41, 5.74) is 1.81. The van der Waals surface area contributed by atoms with Gasteiger partial charge in [-0.25, -0.2) is 13.4 Å². The van der Waals surface area contributed by atoms with Gasteiger partial charge in [-0.05, 0) is 42.5 Å². The number of aromatic nitrogens is 1. The number of thioether (sulfide) groups is 1. The Morgan fingerprint density at radius 3 is 2.72 bits per heavy atom. The SMILES string of the molecule is CCSc1cc(C(=O)NC(C)c2cccc(NS(C)(=O)=O)c2)ccn1. The molecule has 0 spiro atoms. The highest BCUT2D eigenvalue weighted by Crippen LogP contribution is 2.20. The number of carbonyl (C=O) groups excluding carboxylic acids is 1.